The lowest BCUT2D eigenvalue weighted by atomic mass is 9.98. The zero-order chi connectivity index (χ0) is 18.7. The number of hydrogen-bond donors (Lipinski definition) is 2. The molecule has 0 aliphatic carbocycles. The standard InChI is InChI=1S/C17H21FN2O5S/c1-26(22,23)19-10-17-15(21)7-6-14(24-17)8-13-9-16(25-20-13)11-2-4-12(18)5-3-11/h2-5,9,14-15,17,19,21H,6-8,10H2,1H3. The van der Waals surface area contributed by atoms with Gasteiger partial charge in [-0.15, -0.1) is 0 Å². The van der Waals surface area contributed by atoms with Gasteiger partial charge in [-0.05, 0) is 37.1 Å². The minimum atomic E-state index is -3.35. The Balaban J connectivity index is 1.61. The van der Waals surface area contributed by atoms with Crippen LogP contribution in [-0.4, -0.2) is 49.8 Å². The number of ether oxygens (including phenoxy) is 1. The Morgan fingerprint density at radius 3 is 2.73 bits per heavy atom. The molecule has 2 heterocycles. The van der Waals surface area contributed by atoms with E-state index in [1.165, 1.54) is 12.1 Å². The predicted octanol–water partition coefficient (Wildman–Crippen LogP) is 1.48. The average molecular weight is 384 g/mol. The minimum absolute atomic E-state index is 0.0240. The van der Waals surface area contributed by atoms with Crippen LogP contribution in [0.5, 0.6) is 0 Å². The number of rotatable bonds is 6. The van der Waals surface area contributed by atoms with Crippen LogP contribution in [0.3, 0.4) is 0 Å². The molecule has 1 aliphatic rings. The van der Waals surface area contributed by atoms with Crippen LogP contribution in [0.1, 0.15) is 18.5 Å². The highest BCUT2D eigenvalue weighted by Crippen LogP contribution is 2.25. The van der Waals surface area contributed by atoms with Crippen molar-refractivity contribution in [3.05, 3.63) is 41.8 Å². The van der Waals surface area contributed by atoms with E-state index >= 15 is 0 Å². The van der Waals surface area contributed by atoms with Gasteiger partial charge < -0.3 is 14.4 Å². The first kappa shape index (κ1) is 19.0. The summed E-state index contributed by atoms with van der Waals surface area (Å²) in [7, 11) is -3.35. The molecule has 0 bridgehead atoms. The van der Waals surface area contributed by atoms with Crippen LogP contribution in [0.4, 0.5) is 4.39 Å². The smallest absolute Gasteiger partial charge is 0.208 e. The van der Waals surface area contributed by atoms with E-state index in [2.05, 4.69) is 9.88 Å². The van der Waals surface area contributed by atoms with Crippen molar-refractivity contribution in [2.45, 2.75) is 37.6 Å². The number of aliphatic hydroxyl groups excluding tert-OH is 1. The van der Waals surface area contributed by atoms with Crippen LogP contribution < -0.4 is 4.72 Å². The maximum atomic E-state index is 13.0. The fourth-order valence-electron chi connectivity index (χ4n) is 2.91. The van der Waals surface area contributed by atoms with Crippen molar-refractivity contribution in [1.29, 1.82) is 0 Å². The predicted molar refractivity (Wildman–Crippen MR) is 92.3 cm³/mol. The molecule has 3 unspecified atom stereocenters. The Kier molecular flexibility index (Phi) is 5.71. The summed E-state index contributed by atoms with van der Waals surface area (Å²) in [4.78, 5) is 0. The Bertz CT molecular complexity index is 837. The fourth-order valence-corrected chi connectivity index (χ4v) is 3.37. The molecule has 1 fully saturated rings. The van der Waals surface area contributed by atoms with E-state index in [4.69, 9.17) is 9.26 Å². The Morgan fingerprint density at radius 2 is 2.04 bits per heavy atom. The molecule has 1 aliphatic heterocycles. The van der Waals surface area contributed by atoms with Crippen LogP contribution in [0.15, 0.2) is 34.9 Å². The fraction of sp³-hybridized carbons (Fsp3) is 0.471. The van der Waals surface area contributed by atoms with Crippen molar-refractivity contribution >= 4 is 10.0 Å². The largest absolute Gasteiger partial charge is 0.390 e. The van der Waals surface area contributed by atoms with Gasteiger partial charge in [-0.25, -0.2) is 17.5 Å². The summed E-state index contributed by atoms with van der Waals surface area (Å²) in [6.45, 7) is 0.0240. The SMILES string of the molecule is CS(=O)(=O)NCC1OC(Cc2cc(-c3ccc(F)cc3)on2)CCC1O. The second-order valence-corrected chi connectivity index (χ2v) is 8.29. The third-order valence-electron chi connectivity index (χ3n) is 4.25. The number of nitrogens with one attached hydrogen (secondary N) is 1. The first-order valence-corrected chi connectivity index (χ1v) is 10.2. The van der Waals surface area contributed by atoms with Crippen molar-refractivity contribution in [2.24, 2.45) is 0 Å². The van der Waals surface area contributed by atoms with Crippen molar-refractivity contribution in [1.82, 2.24) is 9.88 Å². The highest BCUT2D eigenvalue weighted by atomic mass is 32.2. The van der Waals surface area contributed by atoms with E-state index in [1.54, 1.807) is 18.2 Å². The lowest BCUT2D eigenvalue weighted by Gasteiger charge is -2.33. The van der Waals surface area contributed by atoms with Gasteiger partial charge in [0.05, 0.1) is 30.3 Å². The molecule has 7 nitrogen and oxygen atoms in total. The number of nitrogens with zero attached hydrogens (tertiary/aromatic N) is 1. The Labute approximate surface area is 151 Å². The molecular weight excluding hydrogens is 363 g/mol. The van der Waals surface area contributed by atoms with Crippen LogP contribution in [0, 0.1) is 5.82 Å². The summed E-state index contributed by atoms with van der Waals surface area (Å²) in [5.41, 5.74) is 1.40. The quantitative estimate of drug-likeness (QED) is 0.782. The molecule has 0 spiro atoms. The molecule has 1 saturated heterocycles. The summed E-state index contributed by atoms with van der Waals surface area (Å²) in [5, 5.41) is 14.0. The maximum Gasteiger partial charge on any atom is 0.208 e. The number of aliphatic hydroxyl groups is 1. The van der Waals surface area contributed by atoms with Crippen LogP contribution in [0.25, 0.3) is 11.3 Å². The molecule has 0 amide bonds. The summed E-state index contributed by atoms with van der Waals surface area (Å²) in [6, 6.07) is 7.69. The number of aromatic nitrogens is 1. The first-order chi connectivity index (χ1) is 12.3. The summed E-state index contributed by atoms with van der Waals surface area (Å²) in [5.74, 6) is 0.211. The van der Waals surface area contributed by atoms with Crippen LogP contribution in [-0.2, 0) is 21.2 Å². The molecule has 0 saturated carbocycles. The molecule has 1 aromatic heterocycles. The highest BCUT2D eigenvalue weighted by Gasteiger charge is 2.31. The Hall–Kier alpha value is -1.81. The van der Waals surface area contributed by atoms with Crippen LogP contribution in [0.2, 0.25) is 0 Å². The lowest BCUT2D eigenvalue weighted by molar-refractivity contribution is -0.113. The number of hydrogen-bond acceptors (Lipinski definition) is 6. The van der Waals surface area contributed by atoms with Gasteiger partial charge in [0.1, 0.15) is 5.82 Å². The van der Waals surface area contributed by atoms with E-state index in [1.807, 2.05) is 0 Å². The molecule has 3 atom stereocenters. The second-order valence-electron chi connectivity index (χ2n) is 6.46. The van der Waals surface area contributed by atoms with Crippen molar-refractivity contribution in [3.63, 3.8) is 0 Å². The topological polar surface area (TPSA) is 102 Å². The molecule has 0 radical (unpaired) electrons. The normalized spacial score (nSPS) is 23.9. The molecule has 2 N–H and O–H groups in total. The van der Waals surface area contributed by atoms with Gasteiger partial charge in [-0.3, -0.25) is 0 Å². The van der Waals surface area contributed by atoms with Gasteiger partial charge in [0.25, 0.3) is 0 Å². The molecule has 1 aromatic carbocycles. The molecule has 26 heavy (non-hydrogen) atoms. The van der Waals surface area contributed by atoms with Gasteiger partial charge >= 0.3 is 0 Å². The van der Waals surface area contributed by atoms with Crippen molar-refractivity contribution in [2.75, 3.05) is 12.8 Å². The summed E-state index contributed by atoms with van der Waals surface area (Å²) in [6.07, 6.45) is 1.17. The second kappa shape index (κ2) is 7.83. The van der Waals surface area contributed by atoms with Crippen LogP contribution >= 0.6 is 0 Å². The maximum absolute atomic E-state index is 13.0. The lowest BCUT2D eigenvalue weighted by Crippen LogP contribution is -2.46. The molecule has 142 valence electrons. The third-order valence-corrected chi connectivity index (χ3v) is 4.94. The minimum Gasteiger partial charge on any atom is -0.390 e. The van der Waals surface area contributed by atoms with E-state index in [9.17, 15) is 17.9 Å². The molecular formula is C17H21FN2O5S. The monoisotopic (exact) mass is 384 g/mol. The van der Waals surface area contributed by atoms with Gasteiger partial charge in [-0.1, -0.05) is 5.16 Å². The van der Waals surface area contributed by atoms with Crippen molar-refractivity contribution in [3.8, 4) is 11.3 Å². The third kappa shape index (κ3) is 5.10. The number of halogens is 1. The highest BCUT2D eigenvalue weighted by molar-refractivity contribution is 7.88. The molecule has 2 aromatic rings. The molecule has 3 rings (SSSR count). The summed E-state index contributed by atoms with van der Waals surface area (Å²) < 4.78 is 48.9. The number of sulfonamides is 1. The van der Waals surface area contributed by atoms with E-state index in [0.29, 0.717) is 30.7 Å². The van der Waals surface area contributed by atoms with Gasteiger partial charge in [-0.2, -0.15) is 0 Å². The zero-order valence-electron chi connectivity index (χ0n) is 14.3. The van der Waals surface area contributed by atoms with Gasteiger partial charge in [0, 0.05) is 24.6 Å². The van der Waals surface area contributed by atoms with Gasteiger partial charge in [0.2, 0.25) is 10.0 Å². The number of benzene rings is 1. The molecule has 9 heteroatoms. The average Bonchev–Trinajstić information content (AvgIpc) is 3.04. The van der Waals surface area contributed by atoms with E-state index in [-0.39, 0.29) is 18.5 Å². The van der Waals surface area contributed by atoms with Gasteiger partial charge in [0.15, 0.2) is 5.76 Å². The van der Waals surface area contributed by atoms with E-state index < -0.39 is 22.2 Å². The first-order valence-electron chi connectivity index (χ1n) is 8.30. The van der Waals surface area contributed by atoms with Crippen molar-refractivity contribution < 1.29 is 27.2 Å². The zero-order valence-corrected chi connectivity index (χ0v) is 15.1. The summed E-state index contributed by atoms with van der Waals surface area (Å²) >= 11 is 0. The Morgan fingerprint density at radius 1 is 1.31 bits per heavy atom. The van der Waals surface area contributed by atoms with E-state index in [0.717, 1.165) is 11.8 Å².